The van der Waals surface area contributed by atoms with E-state index in [4.69, 9.17) is 16.0 Å². The van der Waals surface area contributed by atoms with Gasteiger partial charge in [0.2, 0.25) is 0 Å². The van der Waals surface area contributed by atoms with Crippen molar-refractivity contribution >= 4 is 28.8 Å². The Hall–Kier alpha value is -2.08. The number of benzene rings is 1. The van der Waals surface area contributed by atoms with E-state index in [0.29, 0.717) is 17.3 Å². The second-order valence-corrected chi connectivity index (χ2v) is 7.08. The van der Waals surface area contributed by atoms with E-state index in [1.807, 2.05) is 37.7 Å². The number of carbonyl (C=O) groups excluding carboxylic acids is 1. The molecule has 3 aromatic rings. The minimum Gasteiger partial charge on any atom is -0.451 e. The van der Waals surface area contributed by atoms with Gasteiger partial charge in [-0.15, -0.1) is 0 Å². The van der Waals surface area contributed by atoms with Crippen molar-refractivity contribution in [2.45, 2.75) is 6.04 Å². The third kappa shape index (κ3) is 4.12. The van der Waals surface area contributed by atoms with Gasteiger partial charge in [-0.25, -0.2) is 0 Å². The molecule has 4 nitrogen and oxygen atoms in total. The van der Waals surface area contributed by atoms with Gasteiger partial charge in [-0.05, 0) is 60.8 Å². The van der Waals surface area contributed by atoms with Gasteiger partial charge >= 0.3 is 0 Å². The highest BCUT2D eigenvalue weighted by atomic mass is 35.5. The van der Waals surface area contributed by atoms with Gasteiger partial charge < -0.3 is 14.6 Å². The number of thiophene rings is 1. The number of furan rings is 1. The van der Waals surface area contributed by atoms with Gasteiger partial charge in [0.25, 0.3) is 5.91 Å². The number of amides is 1. The Balaban J connectivity index is 1.69. The molecule has 2 aromatic heterocycles. The van der Waals surface area contributed by atoms with Gasteiger partial charge in [0, 0.05) is 12.1 Å². The first-order valence-electron chi connectivity index (χ1n) is 7.87. The van der Waals surface area contributed by atoms with Crippen LogP contribution in [0.4, 0.5) is 0 Å². The minimum atomic E-state index is -0.236. The summed E-state index contributed by atoms with van der Waals surface area (Å²) in [7, 11) is 3.99. The quantitative estimate of drug-likeness (QED) is 0.680. The predicted octanol–water partition coefficient (Wildman–Crippen LogP) is 4.69. The lowest BCUT2D eigenvalue weighted by Gasteiger charge is -2.23. The Morgan fingerprint density at radius 3 is 2.72 bits per heavy atom. The molecule has 0 aliphatic carbocycles. The Morgan fingerprint density at radius 1 is 1.24 bits per heavy atom. The number of hydrogen-bond donors (Lipinski definition) is 1. The number of nitrogens with zero attached hydrogens (tertiary/aromatic N) is 1. The molecule has 2 heterocycles. The molecule has 6 heteroatoms. The van der Waals surface area contributed by atoms with Crippen LogP contribution in [0.1, 0.15) is 22.2 Å². The first-order chi connectivity index (χ1) is 12.1. The maximum absolute atomic E-state index is 12.4. The normalized spacial score (nSPS) is 12.3. The highest BCUT2D eigenvalue weighted by Crippen LogP contribution is 2.29. The van der Waals surface area contributed by atoms with Crippen LogP contribution >= 0.6 is 22.9 Å². The van der Waals surface area contributed by atoms with Crippen LogP contribution in [0.5, 0.6) is 0 Å². The van der Waals surface area contributed by atoms with E-state index in [1.165, 1.54) is 5.56 Å². The molecule has 0 aliphatic rings. The van der Waals surface area contributed by atoms with Crippen LogP contribution in [-0.2, 0) is 0 Å². The molecule has 0 radical (unpaired) electrons. The summed E-state index contributed by atoms with van der Waals surface area (Å²) >= 11 is 7.82. The topological polar surface area (TPSA) is 45.5 Å². The second kappa shape index (κ2) is 7.87. The number of carbonyl (C=O) groups is 1. The molecule has 25 heavy (non-hydrogen) atoms. The fraction of sp³-hybridized carbons (Fsp3) is 0.211. The number of rotatable bonds is 6. The van der Waals surface area contributed by atoms with Crippen LogP contribution in [0.2, 0.25) is 5.02 Å². The van der Waals surface area contributed by atoms with E-state index < -0.39 is 0 Å². The average molecular weight is 375 g/mol. The van der Waals surface area contributed by atoms with Gasteiger partial charge in [-0.3, -0.25) is 4.79 Å². The van der Waals surface area contributed by atoms with Crippen molar-refractivity contribution in [2.75, 3.05) is 20.6 Å². The van der Waals surface area contributed by atoms with Gasteiger partial charge in [0.1, 0.15) is 5.76 Å². The Labute approximate surface area is 156 Å². The van der Waals surface area contributed by atoms with Crippen LogP contribution in [0.25, 0.3) is 11.3 Å². The SMILES string of the molecule is CN(C)[C@@H](CNC(=O)c1ccc(-c2ccccc2Cl)o1)c1ccsc1. The van der Waals surface area contributed by atoms with Gasteiger partial charge in [0.15, 0.2) is 5.76 Å². The average Bonchev–Trinajstić information content (AvgIpc) is 3.27. The summed E-state index contributed by atoms with van der Waals surface area (Å²) in [6, 6.07) is 13.0. The van der Waals surface area contributed by atoms with Gasteiger partial charge in [-0.1, -0.05) is 23.7 Å². The van der Waals surface area contributed by atoms with Gasteiger partial charge in [0.05, 0.1) is 11.1 Å². The van der Waals surface area contributed by atoms with Crippen molar-refractivity contribution in [1.82, 2.24) is 10.2 Å². The highest BCUT2D eigenvalue weighted by Gasteiger charge is 2.18. The fourth-order valence-electron chi connectivity index (χ4n) is 2.61. The van der Waals surface area contributed by atoms with Crippen molar-refractivity contribution in [3.8, 4) is 11.3 Å². The van der Waals surface area contributed by atoms with E-state index in [1.54, 1.807) is 29.5 Å². The molecular weight excluding hydrogens is 356 g/mol. The van der Waals surface area contributed by atoms with E-state index in [2.05, 4.69) is 21.7 Å². The number of nitrogens with one attached hydrogen (secondary N) is 1. The zero-order valence-corrected chi connectivity index (χ0v) is 15.6. The lowest BCUT2D eigenvalue weighted by atomic mass is 10.1. The monoisotopic (exact) mass is 374 g/mol. The Morgan fingerprint density at radius 2 is 2.04 bits per heavy atom. The van der Waals surface area contributed by atoms with Crippen molar-refractivity contribution < 1.29 is 9.21 Å². The molecule has 1 amide bonds. The molecule has 0 spiro atoms. The number of hydrogen-bond acceptors (Lipinski definition) is 4. The molecule has 0 unspecified atom stereocenters. The lowest BCUT2D eigenvalue weighted by molar-refractivity contribution is 0.0915. The molecular formula is C19H19ClN2O2S. The van der Waals surface area contributed by atoms with E-state index in [9.17, 15) is 4.79 Å². The molecule has 130 valence electrons. The molecule has 3 rings (SSSR count). The summed E-state index contributed by atoms with van der Waals surface area (Å²) in [6.45, 7) is 0.505. The summed E-state index contributed by atoms with van der Waals surface area (Å²) < 4.78 is 5.69. The molecule has 1 N–H and O–H groups in total. The van der Waals surface area contributed by atoms with Crippen molar-refractivity contribution in [3.63, 3.8) is 0 Å². The highest BCUT2D eigenvalue weighted by molar-refractivity contribution is 7.07. The van der Waals surface area contributed by atoms with E-state index in [-0.39, 0.29) is 17.7 Å². The molecule has 1 aromatic carbocycles. The summed E-state index contributed by atoms with van der Waals surface area (Å²) in [5.74, 6) is 0.621. The molecule has 0 saturated carbocycles. The van der Waals surface area contributed by atoms with Crippen LogP contribution in [-0.4, -0.2) is 31.4 Å². The summed E-state index contributed by atoms with van der Waals surface area (Å²) in [5, 5.41) is 7.67. The lowest BCUT2D eigenvalue weighted by Crippen LogP contribution is -2.34. The van der Waals surface area contributed by atoms with Crippen molar-refractivity contribution in [1.29, 1.82) is 0 Å². The zero-order valence-electron chi connectivity index (χ0n) is 14.0. The standard InChI is InChI=1S/C19H19ClN2O2S/c1-22(2)16(13-9-10-25-12-13)11-21-19(23)18-8-7-17(24-18)14-5-3-4-6-15(14)20/h3-10,12,16H,11H2,1-2H3,(H,21,23)/t16-/m0/s1. The first kappa shape index (κ1) is 17.7. The van der Waals surface area contributed by atoms with Crippen LogP contribution < -0.4 is 5.32 Å². The van der Waals surface area contributed by atoms with Crippen LogP contribution in [0.3, 0.4) is 0 Å². The van der Waals surface area contributed by atoms with E-state index in [0.717, 1.165) is 5.56 Å². The largest absolute Gasteiger partial charge is 0.451 e. The first-order valence-corrected chi connectivity index (χ1v) is 9.20. The summed E-state index contributed by atoms with van der Waals surface area (Å²) in [5.41, 5.74) is 1.96. The van der Waals surface area contributed by atoms with Crippen LogP contribution in [0, 0.1) is 0 Å². The second-order valence-electron chi connectivity index (χ2n) is 5.89. The Kier molecular flexibility index (Phi) is 5.58. The Bertz CT molecular complexity index is 843. The third-order valence-electron chi connectivity index (χ3n) is 3.98. The van der Waals surface area contributed by atoms with E-state index >= 15 is 0 Å². The summed E-state index contributed by atoms with van der Waals surface area (Å²) in [6.07, 6.45) is 0. The van der Waals surface area contributed by atoms with Crippen LogP contribution in [0.15, 0.2) is 57.6 Å². The van der Waals surface area contributed by atoms with Crippen molar-refractivity contribution in [2.24, 2.45) is 0 Å². The molecule has 0 bridgehead atoms. The molecule has 0 fully saturated rings. The molecule has 1 atom stereocenters. The summed E-state index contributed by atoms with van der Waals surface area (Å²) in [4.78, 5) is 14.5. The van der Waals surface area contributed by atoms with Crippen molar-refractivity contribution in [3.05, 3.63) is 69.6 Å². The third-order valence-corrected chi connectivity index (χ3v) is 5.01. The predicted molar refractivity (Wildman–Crippen MR) is 102 cm³/mol. The maximum Gasteiger partial charge on any atom is 0.287 e. The molecule has 0 aliphatic heterocycles. The fourth-order valence-corrected chi connectivity index (χ4v) is 3.54. The molecule has 0 saturated heterocycles. The minimum absolute atomic E-state index is 0.119. The number of likely N-dealkylation sites (N-methyl/N-ethyl adjacent to an activating group) is 1. The maximum atomic E-state index is 12.4. The smallest absolute Gasteiger partial charge is 0.287 e. The zero-order chi connectivity index (χ0) is 17.8. The number of halogens is 1. The van der Waals surface area contributed by atoms with Gasteiger partial charge in [-0.2, -0.15) is 11.3 Å².